The van der Waals surface area contributed by atoms with Gasteiger partial charge >= 0.3 is 5.97 Å². The predicted octanol–water partition coefficient (Wildman–Crippen LogP) is 2.47. The van der Waals surface area contributed by atoms with Crippen LogP contribution in [0.1, 0.15) is 34.8 Å². The van der Waals surface area contributed by atoms with Gasteiger partial charge in [0, 0.05) is 50.6 Å². The zero-order valence-corrected chi connectivity index (χ0v) is 17.5. The van der Waals surface area contributed by atoms with Gasteiger partial charge in [0.25, 0.3) is 0 Å². The number of pyridine rings is 2. The Labute approximate surface area is 183 Å². The molecule has 3 heterocycles. The molecule has 2 aromatic heterocycles. The van der Waals surface area contributed by atoms with Crippen molar-refractivity contribution < 1.29 is 14.3 Å². The molecule has 2 fully saturated rings. The molecular formula is C23H24FN5O3. The minimum atomic E-state index is -1.31. The number of anilines is 2. The number of fused-ring (bicyclic) bond motifs is 1. The van der Waals surface area contributed by atoms with Gasteiger partial charge in [-0.3, -0.25) is 9.69 Å². The van der Waals surface area contributed by atoms with Gasteiger partial charge in [0.05, 0.1) is 5.39 Å². The summed E-state index contributed by atoms with van der Waals surface area (Å²) in [7, 11) is 0. The fraction of sp³-hybridized carbons (Fsp3) is 0.348. The molecule has 0 bridgehead atoms. The van der Waals surface area contributed by atoms with E-state index >= 15 is 4.39 Å². The molecule has 5 rings (SSSR count). The maximum atomic E-state index is 15.0. The second kappa shape index (κ2) is 7.90. The van der Waals surface area contributed by atoms with Crippen LogP contribution in [0, 0.1) is 5.82 Å². The van der Waals surface area contributed by atoms with Crippen LogP contribution < -0.4 is 16.1 Å². The molecule has 1 aliphatic carbocycles. The summed E-state index contributed by atoms with van der Waals surface area (Å²) >= 11 is 0. The van der Waals surface area contributed by atoms with Gasteiger partial charge in [0.15, 0.2) is 11.6 Å². The summed E-state index contributed by atoms with van der Waals surface area (Å²) in [4.78, 5) is 32.8. The number of halogens is 1. The molecule has 1 aromatic carbocycles. The summed E-state index contributed by atoms with van der Waals surface area (Å²) in [6.45, 7) is 3.49. The van der Waals surface area contributed by atoms with Crippen molar-refractivity contribution in [3.8, 4) is 0 Å². The Kier molecular flexibility index (Phi) is 5.05. The predicted molar refractivity (Wildman–Crippen MR) is 120 cm³/mol. The average molecular weight is 437 g/mol. The number of hydrogen-bond donors (Lipinski definition) is 2. The van der Waals surface area contributed by atoms with Crippen molar-refractivity contribution >= 4 is 28.5 Å². The van der Waals surface area contributed by atoms with Crippen molar-refractivity contribution in [2.24, 2.45) is 0 Å². The Morgan fingerprint density at radius 2 is 1.84 bits per heavy atom. The van der Waals surface area contributed by atoms with E-state index in [-0.39, 0.29) is 22.8 Å². The summed E-state index contributed by atoms with van der Waals surface area (Å²) in [5.41, 5.74) is 6.95. The van der Waals surface area contributed by atoms with Crippen LogP contribution in [0.5, 0.6) is 0 Å². The third-order valence-corrected chi connectivity index (χ3v) is 6.17. The second-order valence-electron chi connectivity index (χ2n) is 8.49. The zero-order valence-electron chi connectivity index (χ0n) is 17.5. The minimum Gasteiger partial charge on any atom is -0.477 e. The zero-order chi connectivity index (χ0) is 22.4. The third kappa shape index (κ3) is 3.80. The smallest absolute Gasteiger partial charge is 0.341 e. The number of carboxylic acids is 1. The topological polar surface area (TPSA) is 105 Å². The SMILES string of the molecule is Nc1ccc(CN2CCN(c3nc4c(cc3F)c(=O)c(C(=O)O)cn4C3CC3)CC2)cc1. The molecule has 1 saturated heterocycles. The van der Waals surface area contributed by atoms with E-state index in [9.17, 15) is 14.7 Å². The molecule has 3 aromatic rings. The molecule has 9 heteroatoms. The Balaban J connectivity index is 1.41. The number of nitrogens with zero attached hydrogens (tertiary/aromatic N) is 4. The van der Waals surface area contributed by atoms with Crippen molar-refractivity contribution in [2.75, 3.05) is 36.8 Å². The first-order valence-corrected chi connectivity index (χ1v) is 10.7. The lowest BCUT2D eigenvalue weighted by Crippen LogP contribution is -2.46. The van der Waals surface area contributed by atoms with E-state index in [0.717, 1.165) is 44.2 Å². The number of piperazine rings is 1. The van der Waals surface area contributed by atoms with Gasteiger partial charge in [0.1, 0.15) is 11.2 Å². The molecule has 166 valence electrons. The Bertz CT molecular complexity index is 1250. The molecular weight excluding hydrogens is 413 g/mol. The molecule has 0 atom stereocenters. The molecule has 0 unspecified atom stereocenters. The van der Waals surface area contributed by atoms with E-state index in [0.29, 0.717) is 18.7 Å². The fourth-order valence-electron chi connectivity index (χ4n) is 4.24. The number of nitrogen functional groups attached to an aromatic ring is 1. The number of carboxylic acid groups (broad SMARTS) is 1. The summed E-state index contributed by atoms with van der Waals surface area (Å²) in [5, 5.41) is 9.39. The highest BCUT2D eigenvalue weighted by Gasteiger charge is 2.29. The van der Waals surface area contributed by atoms with Crippen LogP contribution in [0.25, 0.3) is 11.0 Å². The number of nitrogens with two attached hydrogens (primary N) is 1. The molecule has 2 aliphatic rings. The molecule has 32 heavy (non-hydrogen) atoms. The number of carbonyl (C=O) groups is 1. The lowest BCUT2D eigenvalue weighted by molar-refractivity contribution is 0.0695. The van der Waals surface area contributed by atoms with Crippen molar-refractivity contribution in [2.45, 2.75) is 25.4 Å². The van der Waals surface area contributed by atoms with Crippen LogP contribution in [-0.4, -0.2) is 51.7 Å². The Hall–Kier alpha value is -3.46. The third-order valence-electron chi connectivity index (χ3n) is 6.17. The normalized spacial score (nSPS) is 17.1. The number of aromatic carboxylic acids is 1. The van der Waals surface area contributed by atoms with Gasteiger partial charge in [0.2, 0.25) is 5.43 Å². The maximum Gasteiger partial charge on any atom is 0.341 e. The van der Waals surface area contributed by atoms with Crippen LogP contribution in [0.4, 0.5) is 15.9 Å². The monoisotopic (exact) mass is 437 g/mol. The molecule has 1 aliphatic heterocycles. The summed E-state index contributed by atoms with van der Waals surface area (Å²) in [5.74, 6) is -1.71. The highest BCUT2D eigenvalue weighted by Crippen LogP contribution is 2.37. The number of benzene rings is 1. The molecule has 1 saturated carbocycles. The first kappa shape index (κ1) is 20.4. The van der Waals surface area contributed by atoms with Crippen molar-refractivity contribution in [3.63, 3.8) is 0 Å². The van der Waals surface area contributed by atoms with Gasteiger partial charge in [-0.25, -0.2) is 14.2 Å². The molecule has 3 N–H and O–H groups in total. The van der Waals surface area contributed by atoms with E-state index in [1.165, 1.54) is 11.8 Å². The summed E-state index contributed by atoms with van der Waals surface area (Å²) < 4.78 is 16.7. The highest BCUT2D eigenvalue weighted by molar-refractivity contribution is 5.92. The average Bonchev–Trinajstić information content (AvgIpc) is 3.61. The van der Waals surface area contributed by atoms with Gasteiger partial charge in [-0.05, 0) is 36.6 Å². The highest BCUT2D eigenvalue weighted by atomic mass is 19.1. The van der Waals surface area contributed by atoms with E-state index in [2.05, 4.69) is 9.88 Å². The lowest BCUT2D eigenvalue weighted by atomic mass is 10.1. The van der Waals surface area contributed by atoms with E-state index in [1.54, 1.807) is 4.57 Å². The number of rotatable bonds is 5. The van der Waals surface area contributed by atoms with Crippen LogP contribution in [0.2, 0.25) is 0 Å². The van der Waals surface area contributed by atoms with Gasteiger partial charge in [-0.1, -0.05) is 12.1 Å². The van der Waals surface area contributed by atoms with Crippen LogP contribution in [-0.2, 0) is 6.54 Å². The fourth-order valence-corrected chi connectivity index (χ4v) is 4.24. The summed E-state index contributed by atoms with van der Waals surface area (Å²) in [6, 6.07) is 9.03. The van der Waals surface area contributed by atoms with Gasteiger partial charge in [-0.15, -0.1) is 0 Å². The van der Waals surface area contributed by atoms with E-state index in [1.807, 2.05) is 29.2 Å². The molecule has 0 radical (unpaired) electrons. The first-order valence-electron chi connectivity index (χ1n) is 10.7. The van der Waals surface area contributed by atoms with Gasteiger partial charge < -0.3 is 20.3 Å². The first-order chi connectivity index (χ1) is 15.4. The second-order valence-corrected chi connectivity index (χ2v) is 8.49. The van der Waals surface area contributed by atoms with Crippen molar-refractivity contribution in [1.82, 2.24) is 14.5 Å². The largest absolute Gasteiger partial charge is 0.477 e. The number of hydrogen-bond acceptors (Lipinski definition) is 6. The van der Waals surface area contributed by atoms with Crippen LogP contribution >= 0.6 is 0 Å². The quantitative estimate of drug-likeness (QED) is 0.591. The molecule has 0 amide bonds. The van der Waals surface area contributed by atoms with Gasteiger partial charge in [-0.2, -0.15) is 0 Å². The Morgan fingerprint density at radius 1 is 1.16 bits per heavy atom. The molecule has 0 spiro atoms. The maximum absolute atomic E-state index is 15.0. The molecule has 8 nitrogen and oxygen atoms in total. The van der Waals surface area contributed by atoms with Crippen molar-refractivity contribution in [3.05, 3.63) is 63.7 Å². The number of aromatic nitrogens is 2. The van der Waals surface area contributed by atoms with Crippen molar-refractivity contribution in [1.29, 1.82) is 0 Å². The van der Waals surface area contributed by atoms with Crippen LogP contribution in [0.15, 0.2) is 41.3 Å². The van der Waals surface area contributed by atoms with Crippen LogP contribution in [0.3, 0.4) is 0 Å². The lowest BCUT2D eigenvalue weighted by Gasteiger charge is -2.35. The van der Waals surface area contributed by atoms with E-state index < -0.39 is 17.2 Å². The summed E-state index contributed by atoms with van der Waals surface area (Å²) in [6.07, 6.45) is 3.12. The minimum absolute atomic E-state index is 0.0139. The Morgan fingerprint density at radius 3 is 2.47 bits per heavy atom. The standard InChI is InChI=1S/C23H24FN5O3/c24-19-11-17-20(30)18(23(31)32)13-29(16-5-6-16)21(17)26-22(19)28-9-7-27(8-10-28)12-14-1-3-15(25)4-2-14/h1-4,11,13,16H,5-10,12,25H2,(H,31,32). The van der Waals surface area contributed by atoms with E-state index in [4.69, 9.17) is 5.73 Å².